The number of hydrogen-bond donors (Lipinski definition) is 2. The lowest BCUT2D eigenvalue weighted by molar-refractivity contribution is -0.141. The minimum atomic E-state index is -1.10. The molecule has 176 valence electrons. The molecular formula is C26H25NO6S. The van der Waals surface area contributed by atoms with Crippen molar-refractivity contribution in [3.63, 3.8) is 0 Å². The highest BCUT2D eigenvalue weighted by Crippen LogP contribution is 2.37. The molecule has 0 radical (unpaired) electrons. The van der Waals surface area contributed by atoms with Crippen molar-refractivity contribution in [2.75, 3.05) is 12.0 Å². The molecule has 2 heterocycles. The Morgan fingerprint density at radius 3 is 2.50 bits per heavy atom. The first-order chi connectivity index (χ1) is 16.3. The summed E-state index contributed by atoms with van der Waals surface area (Å²) in [5.74, 6) is -1.04. The fourth-order valence-electron chi connectivity index (χ4n) is 4.14. The smallest absolute Gasteiger partial charge is 0.340 e. The van der Waals surface area contributed by atoms with Gasteiger partial charge in [-0.3, -0.25) is 4.79 Å². The second-order valence-electron chi connectivity index (χ2n) is 8.18. The van der Waals surface area contributed by atoms with Gasteiger partial charge < -0.3 is 19.3 Å². The molecule has 0 saturated heterocycles. The fourth-order valence-corrected chi connectivity index (χ4v) is 4.61. The van der Waals surface area contributed by atoms with Crippen molar-refractivity contribution in [1.82, 2.24) is 5.32 Å². The molecule has 2 aromatic carbocycles. The predicted octanol–water partition coefficient (Wildman–Crippen LogP) is 4.69. The van der Waals surface area contributed by atoms with Crippen LogP contribution < -0.4 is 10.9 Å². The van der Waals surface area contributed by atoms with Crippen LogP contribution in [0.5, 0.6) is 0 Å². The van der Waals surface area contributed by atoms with Crippen LogP contribution >= 0.6 is 11.8 Å². The van der Waals surface area contributed by atoms with Gasteiger partial charge >= 0.3 is 11.6 Å². The predicted molar refractivity (Wildman–Crippen MR) is 133 cm³/mol. The summed E-state index contributed by atoms with van der Waals surface area (Å²) in [6.07, 6.45) is 3.59. The maximum Gasteiger partial charge on any atom is 0.340 e. The zero-order valence-electron chi connectivity index (χ0n) is 19.1. The lowest BCUT2D eigenvalue weighted by atomic mass is 9.97. The maximum absolute atomic E-state index is 12.8. The van der Waals surface area contributed by atoms with Crippen LogP contribution in [0, 0.1) is 13.8 Å². The highest BCUT2D eigenvalue weighted by Gasteiger charge is 2.23. The highest BCUT2D eigenvalue weighted by molar-refractivity contribution is 7.98. The van der Waals surface area contributed by atoms with E-state index < -0.39 is 23.5 Å². The Bertz CT molecular complexity index is 1440. The zero-order valence-corrected chi connectivity index (χ0v) is 20.0. The average Bonchev–Trinajstić information content (AvgIpc) is 3.25. The van der Waals surface area contributed by atoms with Crippen LogP contribution in [0.25, 0.3) is 33.1 Å². The van der Waals surface area contributed by atoms with Gasteiger partial charge in [-0.2, -0.15) is 11.8 Å². The molecule has 4 rings (SSSR count). The third kappa shape index (κ3) is 4.46. The molecule has 2 N–H and O–H groups in total. The molecule has 0 saturated carbocycles. The molecule has 1 amide bonds. The van der Waals surface area contributed by atoms with E-state index in [0.29, 0.717) is 39.9 Å². The second-order valence-corrected chi connectivity index (χ2v) is 9.17. The fraction of sp³-hybridized carbons (Fsp3) is 0.269. The molecule has 0 aliphatic heterocycles. The van der Waals surface area contributed by atoms with Gasteiger partial charge in [0.1, 0.15) is 17.2 Å². The number of carboxylic acid groups (broad SMARTS) is 1. The number of rotatable bonds is 8. The third-order valence-corrected chi connectivity index (χ3v) is 6.65. The minimum Gasteiger partial charge on any atom is -0.480 e. The first-order valence-corrected chi connectivity index (χ1v) is 12.2. The van der Waals surface area contributed by atoms with Gasteiger partial charge in [-0.25, -0.2) is 9.59 Å². The van der Waals surface area contributed by atoms with Gasteiger partial charge in [0.2, 0.25) is 5.91 Å². The second kappa shape index (κ2) is 9.77. The van der Waals surface area contributed by atoms with E-state index in [9.17, 15) is 19.5 Å². The van der Waals surface area contributed by atoms with Crippen molar-refractivity contribution in [3.8, 4) is 11.1 Å². The SMILES string of the molecule is CSCCC(NC(=O)Cc1c(C)c2cc3c(-c4ccccc4)coc3c(C)c2oc1=O)C(=O)O. The Kier molecular flexibility index (Phi) is 6.79. The number of nitrogens with one attached hydrogen (secondary N) is 1. The number of carbonyl (C=O) groups is 2. The summed E-state index contributed by atoms with van der Waals surface area (Å²) in [5, 5.41) is 13.5. The van der Waals surface area contributed by atoms with Crippen molar-refractivity contribution < 1.29 is 23.5 Å². The number of thioether (sulfide) groups is 1. The van der Waals surface area contributed by atoms with Crippen molar-refractivity contribution in [2.45, 2.75) is 32.7 Å². The molecule has 0 spiro atoms. The summed E-state index contributed by atoms with van der Waals surface area (Å²) in [4.78, 5) is 36.9. The molecular weight excluding hydrogens is 454 g/mol. The molecule has 8 heteroatoms. The number of benzene rings is 2. The molecule has 4 aromatic rings. The van der Waals surface area contributed by atoms with Crippen LogP contribution in [0.1, 0.15) is 23.1 Å². The van der Waals surface area contributed by atoms with Crippen molar-refractivity contribution in [2.24, 2.45) is 0 Å². The topological polar surface area (TPSA) is 110 Å². The Labute approximate surface area is 200 Å². The van der Waals surface area contributed by atoms with Crippen molar-refractivity contribution in [3.05, 3.63) is 69.8 Å². The molecule has 34 heavy (non-hydrogen) atoms. The van der Waals surface area contributed by atoms with Gasteiger partial charge in [0.15, 0.2) is 0 Å². The first-order valence-electron chi connectivity index (χ1n) is 10.9. The van der Waals surface area contributed by atoms with Crippen LogP contribution in [-0.2, 0) is 16.0 Å². The van der Waals surface area contributed by atoms with Crippen molar-refractivity contribution in [1.29, 1.82) is 0 Å². The van der Waals surface area contributed by atoms with Gasteiger partial charge in [-0.05, 0) is 49.5 Å². The van der Waals surface area contributed by atoms with E-state index in [1.807, 2.05) is 49.6 Å². The standard InChI is InChI=1S/C26H25NO6S/c1-14-17-11-19-20(16-7-5-4-6-8-16)13-32-23(19)15(2)24(17)33-26(31)18(14)12-22(28)27-21(25(29)30)9-10-34-3/h4-8,11,13,21H,9-10,12H2,1-3H3,(H,27,28)(H,29,30). The van der Waals surface area contributed by atoms with Crippen LogP contribution in [-0.4, -0.2) is 35.0 Å². The zero-order chi connectivity index (χ0) is 24.4. The van der Waals surface area contributed by atoms with Crippen LogP contribution in [0.4, 0.5) is 0 Å². The summed E-state index contributed by atoms with van der Waals surface area (Å²) in [7, 11) is 0. The number of aliphatic carboxylic acids is 1. The Morgan fingerprint density at radius 2 is 1.82 bits per heavy atom. The van der Waals surface area contributed by atoms with Crippen LogP contribution in [0.15, 0.2) is 56.3 Å². The molecule has 2 aromatic heterocycles. The monoisotopic (exact) mass is 479 g/mol. The Balaban J connectivity index is 1.75. The summed E-state index contributed by atoms with van der Waals surface area (Å²) >= 11 is 1.50. The maximum atomic E-state index is 12.8. The number of hydrogen-bond acceptors (Lipinski definition) is 6. The quantitative estimate of drug-likeness (QED) is 0.353. The normalized spacial score (nSPS) is 12.2. The van der Waals surface area contributed by atoms with E-state index in [-0.39, 0.29) is 12.0 Å². The van der Waals surface area contributed by atoms with Gasteiger partial charge in [-0.15, -0.1) is 0 Å². The van der Waals surface area contributed by atoms with Crippen molar-refractivity contribution >= 4 is 45.6 Å². The lowest BCUT2D eigenvalue weighted by Gasteiger charge is -2.15. The number of aryl methyl sites for hydroxylation is 2. The molecule has 0 fully saturated rings. The van der Waals surface area contributed by atoms with Crippen LogP contribution in [0.2, 0.25) is 0 Å². The molecule has 0 aliphatic carbocycles. The van der Waals surface area contributed by atoms with E-state index in [4.69, 9.17) is 8.83 Å². The number of fused-ring (bicyclic) bond motifs is 2. The summed E-state index contributed by atoms with van der Waals surface area (Å²) in [5.41, 5.74) is 3.89. The van der Waals surface area contributed by atoms with Crippen LogP contribution in [0.3, 0.4) is 0 Å². The lowest BCUT2D eigenvalue weighted by Crippen LogP contribution is -2.42. The number of carbonyl (C=O) groups excluding carboxylic acids is 1. The highest BCUT2D eigenvalue weighted by atomic mass is 32.2. The summed E-state index contributed by atoms with van der Waals surface area (Å²) in [6.45, 7) is 3.61. The van der Waals surface area contributed by atoms with Gasteiger partial charge in [0.25, 0.3) is 0 Å². The number of carboxylic acids is 1. The van der Waals surface area contributed by atoms with Gasteiger partial charge in [0.05, 0.1) is 18.2 Å². The molecule has 1 unspecified atom stereocenters. The van der Waals surface area contributed by atoms with E-state index in [1.54, 1.807) is 13.2 Å². The number of furan rings is 1. The molecule has 7 nitrogen and oxygen atoms in total. The Morgan fingerprint density at radius 1 is 1.09 bits per heavy atom. The van der Waals surface area contributed by atoms with E-state index in [1.165, 1.54) is 11.8 Å². The third-order valence-electron chi connectivity index (χ3n) is 6.01. The van der Waals surface area contributed by atoms with E-state index in [2.05, 4.69) is 5.32 Å². The summed E-state index contributed by atoms with van der Waals surface area (Å²) in [6, 6.07) is 10.7. The Hall–Kier alpha value is -3.52. The van der Waals surface area contributed by atoms with E-state index in [0.717, 1.165) is 16.5 Å². The van der Waals surface area contributed by atoms with Gasteiger partial charge in [0, 0.05) is 21.9 Å². The van der Waals surface area contributed by atoms with E-state index >= 15 is 0 Å². The largest absolute Gasteiger partial charge is 0.480 e. The molecule has 0 bridgehead atoms. The first kappa shape index (κ1) is 23.6. The minimum absolute atomic E-state index is 0.211. The van der Waals surface area contributed by atoms with Gasteiger partial charge in [-0.1, -0.05) is 30.3 Å². The molecule has 1 atom stereocenters. The average molecular weight is 480 g/mol. The number of amides is 1. The summed E-state index contributed by atoms with van der Waals surface area (Å²) < 4.78 is 11.5. The molecule has 0 aliphatic rings.